The summed E-state index contributed by atoms with van der Waals surface area (Å²) < 4.78 is 0. The van der Waals surface area contributed by atoms with Crippen LogP contribution in [-0.4, -0.2) is 10.6 Å². The highest BCUT2D eigenvalue weighted by atomic mass is 32.1. The molecule has 0 fully saturated rings. The first kappa shape index (κ1) is 5.12. The molecule has 0 radical (unpaired) electrons. The lowest BCUT2D eigenvalue weighted by atomic mass is 10.2. The summed E-state index contributed by atoms with van der Waals surface area (Å²) in [5.41, 5.74) is 1.41. The number of hydrogen-bond donors (Lipinski definition) is 0. The summed E-state index contributed by atoms with van der Waals surface area (Å²) in [7, 11) is 0. The molecule has 0 amide bonds. The molecule has 2 rings (SSSR count). The molecule has 0 nitrogen and oxygen atoms in total. The zero-order chi connectivity index (χ0) is 6.10. The third-order valence-electron chi connectivity index (χ3n) is 1.38. The van der Waals surface area contributed by atoms with E-state index in [0.717, 1.165) is 0 Å². The summed E-state index contributed by atoms with van der Waals surface area (Å²) >= 11 is 1.94. The third kappa shape index (κ3) is 1.01. The first-order valence-corrected chi connectivity index (χ1v) is 3.99. The van der Waals surface area contributed by atoms with E-state index >= 15 is 0 Å². The van der Waals surface area contributed by atoms with Gasteiger partial charge in [-0.05, 0) is 12.1 Å². The van der Waals surface area contributed by atoms with E-state index in [4.69, 9.17) is 0 Å². The van der Waals surface area contributed by atoms with Gasteiger partial charge in [0, 0.05) is 5.56 Å². The Bertz CT molecular complexity index is 236. The van der Waals surface area contributed by atoms with Crippen LogP contribution in [-0.2, 0) is 11.4 Å². The van der Waals surface area contributed by atoms with E-state index in [-0.39, 0.29) is 0 Å². The summed E-state index contributed by atoms with van der Waals surface area (Å²) in [5.74, 6) is 1.24. The normalized spacial score (nSPS) is 14.9. The molecule has 1 heteroatoms. The molecule has 9 heavy (non-hydrogen) atoms. The Kier molecular flexibility index (Phi) is 1.09. The maximum absolute atomic E-state index is 2.16. The van der Waals surface area contributed by atoms with Crippen LogP contribution in [0, 0.1) is 0 Å². The Balaban J connectivity index is 2.40. The van der Waals surface area contributed by atoms with E-state index in [1.54, 1.807) is 0 Å². The van der Waals surface area contributed by atoms with E-state index in [2.05, 4.69) is 30.3 Å². The zero-order valence-electron chi connectivity index (χ0n) is 5.00. The molecule has 0 aromatic heterocycles. The second-order valence-electron chi connectivity index (χ2n) is 2.08. The van der Waals surface area contributed by atoms with Crippen molar-refractivity contribution < 1.29 is 0 Å². The highest BCUT2D eigenvalue weighted by Crippen LogP contribution is 2.06. The standard InChI is InChI=1S/C8H7S/c1-2-4-7(5-3-1)8-6-9-8/h1-5H,6H2/q+1. The van der Waals surface area contributed by atoms with Crippen LogP contribution < -0.4 is 0 Å². The lowest BCUT2D eigenvalue weighted by molar-refractivity contribution is 1.67. The van der Waals surface area contributed by atoms with Crippen molar-refractivity contribution in [3.8, 4) is 0 Å². The van der Waals surface area contributed by atoms with Gasteiger partial charge in [-0.1, -0.05) is 18.2 Å². The summed E-state index contributed by atoms with van der Waals surface area (Å²) in [6, 6.07) is 10.5. The summed E-state index contributed by atoms with van der Waals surface area (Å²) in [6.07, 6.45) is 0. The number of rotatable bonds is 1. The van der Waals surface area contributed by atoms with E-state index in [1.165, 1.54) is 16.2 Å². The Labute approximate surface area is 58.5 Å². The van der Waals surface area contributed by atoms with E-state index in [0.29, 0.717) is 0 Å². The SMILES string of the molecule is c1ccc(C2=[S+]C2)cc1. The molecule has 1 heterocycles. The maximum atomic E-state index is 2.16. The van der Waals surface area contributed by atoms with Gasteiger partial charge in [0.2, 0.25) is 0 Å². The smallest absolute Gasteiger partial charge is 0.0622 e. The molecule has 1 aliphatic rings. The van der Waals surface area contributed by atoms with Crippen LogP contribution >= 0.6 is 0 Å². The molecule has 0 saturated carbocycles. The lowest BCUT2D eigenvalue weighted by Crippen LogP contribution is -1.83. The van der Waals surface area contributed by atoms with Crippen LogP contribution in [0.2, 0.25) is 0 Å². The zero-order valence-corrected chi connectivity index (χ0v) is 5.82. The Morgan fingerprint density at radius 3 is 2.33 bits per heavy atom. The predicted molar refractivity (Wildman–Crippen MR) is 42.8 cm³/mol. The Morgan fingerprint density at radius 1 is 1.11 bits per heavy atom. The van der Waals surface area contributed by atoms with Gasteiger partial charge in [0.1, 0.15) is 0 Å². The number of hydrogen-bond acceptors (Lipinski definition) is 0. The second kappa shape index (κ2) is 1.92. The average Bonchev–Trinajstić information content (AvgIpc) is 2.71. The average molecular weight is 135 g/mol. The van der Waals surface area contributed by atoms with Crippen LogP contribution in [0.3, 0.4) is 0 Å². The van der Waals surface area contributed by atoms with Crippen molar-refractivity contribution in [3.05, 3.63) is 35.9 Å². The van der Waals surface area contributed by atoms with Crippen LogP contribution in [0.4, 0.5) is 0 Å². The predicted octanol–water partition coefficient (Wildman–Crippen LogP) is 1.30. The second-order valence-corrected chi connectivity index (χ2v) is 3.15. The van der Waals surface area contributed by atoms with Crippen molar-refractivity contribution in [1.29, 1.82) is 0 Å². The summed E-state index contributed by atoms with van der Waals surface area (Å²) in [6.45, 7) is 0. The van der Waals surface area contributed by atoms with Gasteiger partial charge in [-0.25, -0.2) is 0 Å². The summed E-state index contributed by atoms with van der Waals surface area (Å²) in [5, 5.41) is 0. The molecule has 0 unspecified atom stereocenters. The quantitative estimate of drug-likeness (QED) is 0.402. The fourth-order valence-corrected chi connectivity index (χ4v) is 1.37. The lowest BCUT2D eigenvalue weighted by Gasteiger charge is -1.81. The molecule has 44 valence electrons. The van der Waals surface area contributed by atoms with Crippen molar-refractivity contribution >= 4 is 16.2 Å². The van der Waals surface area contributed by atoms with Gasteiger partial charge in [0.05, 0.1) is 0 Å². The Morgan fingerprint density at radius 2 is 1.78 bits per heavy atom. The fraction of sp³-hybridized carbons (Fsp3) is 0.125. The van der Waals surface area contributed by atoms with Crippen LogP contribution in [0.5, 0.6) is 0 Å². The molecule has 0 aliphatic carbocycles. The van der Waals surface area contributed by atoms with Crippen LogP contribution in [0.1, 0.15) is 5.56 Å². The van der Waals surface area contributed by atoms with Crippen molar-refractivity contribution in [2.24, 2.45) is 0 Å². The van der Waals surface area contributed by atoms with Crippen molar-refractivity contribution in [2.75, 3.05) is 5.75 Å². The largest absolute Gasteiger partial charge is 0.267 e. The molecule has 0 N–H and O–H groups in total. The van der Waals surface area contributed by atoms with Gasteiger partial charge < -0.3 is 0 Å². The molecule has 0 bridgehead atoms. The number of benzene rings is 1. The molecule has 1 aliphatic heterocycles. The van der Waals surface area contributed by atoms with Crippen molar-refractivity contribution in [3.63, 3.8) is 0 Å². The van der Waals surface area contributed by atoms with Crippen LogP contribution in [0.25, 0.3) is 0 Å². The highest BCUT2D eigenvalue weighted by Gasteiger charge is 2.29. The van der Waals surface area contributed by atoms with Crippen molar-refractivity contribution in [1.82, 2.24) is 0 Å². The third-order valence-corrected chi connectivity index (χ3v) is 2.20. The molecular formula is C8H7S+. The van der Waals surface area contributed by atoms with Gasteiger partial charge in [-0.2, -0.15) is 0 Å². The fourth-order valence-electron chi connectivity index (χ4n) is 0.827. The van der Waals surface area contributed by atoms with Crippen LogP contribution in [0.15, 0.2) is 30.3 Å². The molecular weight excluding hydrogens is 128 g/mol. The topological polar surface area (TPSA) is 0 Å². The van der Waals surface area contributed by atoms with Gasteiger partial charge >= 0.3 is 0 Å². The van der Waals surface area contributed by atoms with E-state index in [1.807, 2.05) is 11.4 Å². The minimum absolute atomic E-state index is 1.24. The molecule has 0 atom stereocenters. The summed E-state index contributed by atoms with van der Waals surface area (Å²) in [4.78, 5) is 1.54. The van der Waals surface area contributed by atoms with Gasteiger partial charge in [0.25, 0.3) is 10.6 Å². The van der Waals surface area contributed by atoms with Gasteiger partial charge in [-0.15, -0.1) is 0 Å². The first-order valence-electron chi connectivity index (χ1n) is 3.01. The minimum atomic E-state index is 1.24. The molecule has 0 spiro atoms. The van der Waals surface area contributed by atoms with Gasteiger partial charge in [-0.3, -0.25) is 0 Å². The Hall–Kier alpha value is -0.690. The first-order chi connectivity index (χ1) is 4.47. The molecule has 1 aromatic rings. The van der Waals surface area contributed by atoms with Crippen molar-refractivity contribution in [2.45, 2.75) is 0 Å². The maximum Gasteiger partial charge on any atom is 0.267 e. The molecule has 0 saturated heterocycles. The van der Waals surface area contributed by atoms with E-state index < -0.39 is 0 Å². The highest BCUT2D eigenvalue weighted by molar-refractivity contribution is 7.89. The monoisotopic (exact) mass is 135 g/mol. The van der Waals surface area contributed by atoms with E-state index in [9.17, 15) is 0 Å². The minimum Gasteiger partial charge on any atom is -0.0622 e. The molecule has 1 aromatic carbocycles. The van der Waals surface area contributed by atoms with Gasteiger partial charge in [0.15, 0.2) is 11.4 Å².